The van der Waals surface area contributed by atoms with E-state index in [9.17, 15) is 4.79 Å². The van der Waals surface area contributed by atoms with Gasteiger partial charge in [0.25, 0.3) is 5.56 Å². The summed E-state index contributed by atoms with van der Waals surface area (Å²) in [6.07, 6.45) is 0. The van der Waals surface area contributed by atoms with Crippen molar-refractivity contribution in [3.05, 3.63) is 21.9 Å². The Morgan fingerprint density at radius 2 is 2.45 bits per heavy atom. The molecule has 0 aliphatic carbocycles. The second-order valence-electron chi connectivity index (χ2n) is 2.05. The molecule has 4 nitrogen and oxygen atoms in total. The van der Waals surface area contributed by atoms with Gasteiger partial charge in [0.2, 0.25) is 0 Å². The van der Waals surface area contributed by atoms with E-state index in [1.807, 2.05) is 0 Å². The summed E-state index contributed by atoms with van der Waals surface area (Å²) < 4.78 is 0. The summed E-state index contributed by atoms with van der Waals surface area (Å²) in [6.45, 7) is 0. The molecule has 0 amide bonds. The van der Waals surface area contributed by atoms with Crippen LogP contribution < -0.4 is 5.56 Å². The van der Waals surface area contributed by atoms with Gasteiger partial charge in [-0.05, 0) is 0 Å². The molecule has 0 aliphatic heterocycles. The number of fused-ring (bicyclic) bond motifs is 1. The van der Waals surface area contributed by atoms with Crippen LogP contribution in [0.3, 0.4) is 0 Å². The maximum absolute atomic E-state index is 10.8. The Bertz CT molecular complexity index is 445. The second-order valence-corrected chi connectivity index (χ2v) is 2.91. The third-order valence-corrected chi connectivity index (χ3v) is 2.09. The van der Waals surface area contributed by atoms with Crippen molar-refractivity contribution in [3.63, 3.8) is 0 Å². The number of aromatic nitrogens is 2. The fraction of sp³-hybridized carbons (Fsp3) is 0. The summed E-state index contributed by atoms with van der Waals surface area (Å²) in [7, 11) is 0. The Morgan fingerprint density at radius 3 is 3.27 bits per heavy atom. The fourth-order valence-corrected chi connectivity index (χ4v) is 1.47. The third kappa shape index (κ3) is 0.894. The molecule has 11 heavy (non-hydrogen) atoms. The van der Waals surface area contributed by atoms with Crippen molar-refractivity contribution >= 4 is 21.7 Å². The number of H-pyrrole nitrogens is 1. The van der Waals surface area contributed by atoms with Gasteiger partial charge >= 0.3 is 0 Å². The molecule has 2 aromatic heterocycles. The van der Waals surface area contributed by atoms with Crippen molar-refractivity contribution in [3.8, 4) is 5.75 Å². The first kappa shape index (κ1) is 6.36. The van der Waals surface area contributed by atoms with Crippen molar-refractivity contribution in [2.24, 2.45) is 0 Å². The van der Waals surface area contributed by atoms with Gasteiger partial charge in [-0.1, -0.05) is 0 Å². The van der Waals surface area contributed by atoms with E-state index in [-0.39, 0.29) is 5.75 Å². The number of aromatic amines is 1. The van der Waals surface area contributed by atoms with Gasteiger partial charge in [-0.25, -0.2) is 4.98 Å². The van der Waals surface area contributed by atoms with Crippen LogP contribution >= 0.6 is 11.3 Å². The molecule has 2 rings (SSSR count). The zero-order chi connectivity index (χ0) is 7.84. The number of rotatable bonds is 0. The second kappa shape index (κ2) is 2.06. The van der Waals surface area contributed by atoms with E-state index in [1.54, 1.807) is 5.51 Å². The van der Waals surface area contributed by atoms with Crippen LogP contribution in [0.1, 0.15) is 0 Å². The normalized spacial score (nSPS) is 10.5. The summed E-state index contributed by atoms with van der Waals surface area (Å²) in [5.74, 6) is -0.289. The largest absolute Gasteiger partial charge is 0.503 e. The zero-order valence-electron chi connectivity index (χ0n) is 5.37. The van der Waals surface area contributed by atoms with Crippen LogP contribution in [-0.4, -0.2) is 15.1 Å². The molecule has 0 bridgehead atoms. The Labute approximate surface area is 65.1 Å². The van der Waals surface area contributed by atoms with E-state index in [1.165, 1.54) is 17.4 Å². The third-order valence-electron chi connectivity index (χ3n) is 1.33. The topological polar surface area (TPSA) is 66.0 Å². The van der Waals surface area contributed by atoms with Gasteiger partial charge in [0.15, 0.2) is 5.75 Å². The van der Waals surface area contributed by atoms with Crippen molar-refractivity contribution < 1.29 is 5.11 Å². The maximum Gasteiger partial charge on any atom is 0.291 e. The molecule has 0 saturated heterocycles. The highest BCUT2D eigenvalue weighted by molar-refractivity contribution is 7.16. The van der Waals surface area contributed by atoms with Gasteiger partial charge in [0.05, 0.1) is 5.51 Å². The lowest BCUT2D eigenvalue weighted by molar-refractivity contribution is 0.468. The Hall–Kier alpha value is -1.36. The number of hydrogen-bond acceptors (Lipinski definition) is 4. The summed E-state index contributed by atoms with van der Waals surface area (Å²) in [6, 6.07) is 1.35. The van der Waals surface area contributed by atoms with E-state index in [0.717, 1.165) is 0 Å². The highest BCUT2D eigenvalue weighted by atomic mass is 32.1. The molecular weight excluding hydrogens is 164 g/mol. The Morgan fingerprint density at radius 1 is 1.64 bits per heavy atom. The summed E-state index contributed by atoms with van der Waals surface area (Å²) in [5, 5.41) is 8.96. The first-order valence-electron chi connectivity index (χ1n) is 2.93. The average molecular weight is 168 g/mol. The fourth-order valence-electron chi connectivity index (χ4n) is 0.813. The molecule has 0 aromatic carbocycles. The molecule has 5 heteroatoms. The smallest absolute Gasteiger partial charge is 0.291 e. The SMILES string of the molecule is O=c1[nH]c2scnc2cc1O. The number of nitrogens with one attached hydrogen (secondary N) is 1. The van der Waals surface area contributed by atoms with Gasteiger partial charge in [-0.2, -0.15) is 0 Å². The minimum Gasteiger partial charge on any atom is -0.503 e. The van der Waals surface area contributed by atoms with Gasteiger partial charge in [0.1, 0.15) is 10.3 Å². The van der Waals surface area contributed by atoms with E-state index in [2.05, 4.69) is 9.97 Å². The first-order chi connectivity index (χ1) is 5.27. The molecule has 0 spiro atoms. The molecule has 0 fully saturated rings. The first-order valence-corrected chi connectivity index (χ1v) is 3.81. The molecule has 2 aromatic rings. The van der Waals surface area contributed by atoms with Crippen molar-refractivity contribution in [2.75, 3.05) is 0 Å². The lowest BCUT2D eigenvalue weighted by Crippen LogP contribution is -2.02. The summed E-state index contributed by atoms with van der Waals surface area (Å²) >= 11 is 1.33. The van der Waals surface area contributed by atoms with Crippen LogP contribution in [0.15, 0.2) is 16.4 Å². The van der Waals surface area contributed by atoms with Crippen molar-refractivity contribution in [1.29, 1.82) is 0 Å². The van der Waals surface area contributed by atoms with Crippen LogP contribution in [0.2, 0.25) is 0 Å². The van der Waals surface area contributed by atoms with Gasteiger partial charge < -0.3 is 10.1 Å². The van der Waals surface area contributed by atoms with Gasteiger partial charge in [-0.15, -0.1) is 11.3 Å². The molecule has 0 atom stereocenters. The molecule has 2 N–H and O–H groups in total. The molecule has 0 radical (unpaired) electrons. The average Bonchev–Trinajstić information content (AvgIpc) is 2.36. The number of aromatic hydroxyl groups is 1. The number of nitrogens with zero attached hydrogens (tertiary/aromatic N) is 1. The van der Waals surface area contributed by atoms with Gasteiger partial charge in [0, 0.05) is 6.07 Å². The molecule has 0 unspecified atom stereocenters. The van der Waals surface area contributed by atoms with Crippen LogP contribution in [0, 0.1) is 0 Å². The standard InChI is InChI=1S/C6H4N2O2S/c9-4-1-3-6(8-5(4)10)11-2-7-3/h1-2,9H,(H,8,10). The van der Waals surface area contributed by atoms with E-state index in [0.29, 0.717) is 10.3 Å². The molecule has 56 valence electrons. The molecule has 2 heterocycles. The monoisotopic (exact) mass is 168 g/mol. The Kier molecular flexibility index (Phi) is 1.19. The Balaban J connectivity index is 2.97. The zero-order valence-corrected chi connectivity index (χ0v) is 6.18. The highest BCUT2D eigenvalue weighted by Crippen LogP contribution is 2.15. The van der Waals surface area contributed by atoms with Crippen molar-refractivity contribution in [2.45, 2.75) is 0 Å². The molecule has 0 saturated carbocycles. The van der Waals surface area contributed by atoms with Crippen LogP contribution in [0.5, 0.6) is 5.75 Å². The number of thiazole rings is 1. The van der Waals surface area contributed by atoms with Crippen LogP contribution in [0.25, 0.3) is 10.3 Å². The summed E-state index contributed by atoms with van der Waals surface area (Å²) in [4.78, 5) is 17.9. The van der Waals surface area contributed by atoms with E-state index >= 15 is 0 Å². The van der Waals surface area contributed by atoms with Crippen LogP contribution in [0.4, 0.5) is 0 Å². The maximum atomic E-state index is 10.8. The molecule has 0 aliphatic rings. The van der Waals surface area contributed by atoms with E-state index < -0.39 is 5.56 Å². The quantitative estimate of drug-likeness (QED) is 0.608. The predicted octanol–water partition coefficient (Wildman–Crippen LogP) is 0.690. The highest BCUT2D eigenvalue weighted by Gasteiger charge is 2.01. The summed E-state index contributed by atoms with van der Waals surface area (Å²) in [5.41, 5.74) is 1.76. The lowest BCUT2D eigenvalue weighted by atomic mass is 10.4. The minimum atomic E-state index is -0.471. The van der Waals surface area contributed by atoms with Crippen LogP contribution in [-0.2, 0) is 0 Å². The predicted molar refractivity (Wildman–Crippen MR) is 41.9 cm³/mol. The number of pyridine rings is 1. The van der Waals surface area contributed by atoms with Gasteiger partial charge in [-0.3, -0.25) is 4.79 Å². The van der Waals surface area contributed by atoms with E-state index in [4.69, 9.17) is 5.11 Å². The lowest BCUT2D eigenvalue weighted by Gasteiger charge is -1.88. The molecular formula is C6H4N2O2S. The van der Waals surface area contributed by atoms with Crippen molar-refractivity contribution in [1.82, 2.24) is 9.97 Å². The minimum absolute atomic E-state index is 0.289. The number of hydrogen-bond donors (Lipinski definition) is 2.